The molecule has 1 fully saturated rings. The number of imide groups is 1. The summed E-state index contributed by atoms with van der Waals surface area (Å²) in [6, 6.07) is 7.19. The van der Waals surface area contributed by atoms with Crippen molar-refractivity contribution in [1.29, 1.82) is 0 Å². The molecule has 1 aliphatic heterocycles. The third-order valence-electron chi connectivity index (χ3n) is 3.41. The highest BCUT2D eigenvalue weighted by Gasteiger charge is 2.26. The fraction of sp³-hybridized carbons (Fsp3) is 0.429. The number of hydrogen-bond acceptors (Lipinski definition) is 4. The minimum Gasteiger partial charge on any atom is -0.341 e. The van der Waals surface area contributed by atoms with Crippen LogP contribution in [0.4, 0.5) is 4.79 Å². The van der Waals surface area contributed by atoms with Gasteiger partial charge in [-0.25, -0.2) is 4.79 Å². The number of halogens is 2. The molecule has 1 unspecified atom stereocenters. The maximum absolute atomic E-state index is 11.9. The molecule has 0 aromatic heterocycles. The quantitative estimate of drug-likeness (QED) is 0.767. The third-order valence-corrected chi connectivity index (χ3v) is 3.65. The molecule has 8 heteroatoms. The Morgan fingerprint density at radius 1 is 1.45 bits per heavy atom. The first kappa shape index (κ1) is 18.7. The number of nitrogens with one attached hydrogen (secondary N) is 3. The summed E-state index contributed by atoms with van der Waals surface area (Å²) < 4.78 is 0. The topological polar surface area (TPSA) is 73.5 Å². The lowest BCUT2D eigenvalue weighted by Gasteiger charge is -2.36. The van der Waals surface area contributed by atoms with Crippen molar-refractivity contribution in [1.82, 2.24) is 20.9 Å². The number of carbonyl (C=O) groups is 2. The van der Waals surface area contributed by atoms with Crippen LogP contribution in [0.25, 0.3) is 0 Å². The monoisotopic (exact) mass is 346 g/mol. The summed E-state index contributed by atoms with van der Waals surface area (Å²) in [5.41, 5.74) is 1.06. The molecule has 1 aromatic rings. The van der Waals surface area contributed by atoms with Crippen LogP contribution in [0.3, 0.4) is 0 Å². The summed E-state index contributed by atoms with van der Waals surface area (Å²) in [5, 5.41) is 8.63. The second-order valence-electron chi connectivity index (χ2n) is 4.87. The van der Waals surface area contributed by atoms with Crippen LogP contribution >= 0.6 is 24.0 Å². The highest BCUT2D eigenvalue weighted by Crippen LogP contribution is 2.24. The Labute approximate surface area is 141 Å². The average Bonchev–Trinajstić information content (AvgIpc) is 2.47. The summed E-state index contributed by atoms with van der Waals surface area (Å²) in [4.78, 5) is 25.1. The number of piperazine rings is 1. The maximum Gasteiger partial charge on any atom is 0.321 e. The SMILES string of the molecule is CNC(=O)NC(=O)CN1CCNCC1c1cccc(Cl)c1.Cl. The molecule has 0 spiro atoms. The summed E-state index contributed by atoms with van der Waals surface area (Å²) in [6.07, 6.45) is 0. The number of rotatable bonds is 3. The van der Waals surface area contributed by atoms with E-state index < -0.39 is 6.03 Å². The van der Waals surface area contributed by atoms with E-state index in [-0.39, 0.29) is 30.9 Å². The highest BCUT2D eigenvalue weighted by atomic mass is 35.5. The average molecular weight is 347 g/mol. The molecule has 2 rings (SSSR count). The molecule has 122 valence electrons. The smallest absolute Gasteiger partial charge is 0.321 e. The summed E-state index contributed by atoms with van der Waals surface area (Å²) in [5.74, 6) is -0.316. The van der Waals surface area contributed by atoms with Gasteiger partial charge in [-0.05, 0) is 17.7 Å². The zero-order chi connectivity index (χ0) is 15.2. The Hall–Kier alpha value is -1.34. The van der Waals surface area contributed by atoms with E-state index in [1.165, 1.54) is 7.05 Å². The molecular weight excluding hydrogens is 327 g/mol. The fourth-order valence-electron chi connectivity index (χ4n) is 2.39. The number of nitrogens with zero attached hydrogens (tertiary/aromatic N) is 1. The van der Waals surface area contributed by atoms with Crippen LogP contribution in [-0.2, 0) is 4.79 Å². The molecule has 3 amide bonds. The zero-order valence-corrected chi connectivity index (χ0v) is 13.8. The minimum absolute atomic E-state index is 0. The van der Waals surface area contributed by atoms with Crippen LogP contribution in [-0.4, -0.2) is 50.1 Å². The molecule has 1 saturated heterocycles. The Morgan fingerprint density at radius 2 is 2.23 bits per heavy atom. The van der Waals surface area contributed by atoms with E-state index in [0.717, 1.165) is 25.2 Å². The molecule has 0 aliphatic carbocycles. The predicted molar refractivity (Wildman–Crippen MR) is 88.5 cm³/mol. The van der Waals surface area contributed by atoms with Crippen LogP contribution < -0.4 is 16.0 Å². The molecular formula is C14H20Cl2N4O2. The number of benzene rings is 1. The maximum atomic E-state index is 11.9. The van der Waals surface area contributed by atoms with Crippen molar-refractivity contribution in [3.8, 4) is 0 Å². The van der Waals surface area contributed by atoms with Gasteiger partial charge in [0.05, 0.1) is 6.54 Å². The summed E-state index contributed by atoms with van der Waals surface area (Å²) in [7, 11) is 1.47. The van der Waals surface area contributed by atoms with Gasteiger partial charge in [0.25, 0.3) is 0 Å². The zero-order valence-electron chi connectivity index (χ0n) is 12.3. The van der Waals surface area contributed by atoms with Gasteiger partial charge in [0.15, 0.2) is 0 Å². The van der Waals surface area contributed by atoms with Gasteiger partial charge in [-0.2, -0.15) is 0 Å². The number of amides is 3. The first-order chi connectivity index (χ1) is 10.1. The molecule has 1 aromatic carbocycles. The van der Waals surface area contributed by atoms with Crippen molar-refractivity contribution in [2.45, 2.75) is 6.04 Å². The van der Waals surface area contributed by atoms with E-state index in [2.05, 4.69) is 16.0 Å². The van der Waals surface area contributed by atoms with Crippen molar-refractivity contribution >= 4 is 35.9 Å². The number of urea groups is 1. The van der Waals surface area contributed by atoms with Gasteiger partial charge in [0, 0.05) is 37.7 Å². The predicted octanol–water partition coefficient (Wildman–Crippen LogP) is 1.16. The van der Waals surface area contributed by atoms with Crippen molar-refractivity contribution in [2.75, 3.05) is 33.2 Å². The van der Waals surface area contributed by atoms with E-state index in [9.17, 15) is 9.59 Å². The normalized spacial score (nSPS) is 18.2. The lowest BCUT2D eigenvalue weighted by atomic mass is 10.0. The van der Waals surface area contributed by atoms with E-state index in [4.69, 9.17) is 11.6 Å². The number of carbonyl (C=O) groups excluding carboxylic acids is 2. The van der Waals surface area contributed by atoms with Crippen LogP contribution in [0.2, 0.25) is 5.02 Å². The number of hydrogen-bond donors (Lipinski definition) is 3. The second-order valence-corrected chi connectivity index (χ2v) is 5.31. The molecule has 6 nitrogen and oxygen atoms in total. The van der Waals surface area contributed by atoms with E-state index >= 15 is 0 Å². The van der Waals surface area contributed by atoms with Gasteiger partial charge in [0.1, 0.15) is 0 Å². The summed E-state index contributed by atoms with van der Waals surface area (Å²) in [6.45, 7) is 2.46. The van der Waals surface area contributed by atoms with Crippen LogP contribution in [0.5, 0.6) is 0 Å². The van der Waals surface area contributed by atoms with Crippen molar-refractivity contribution in [2.24, 2.45) is 0 Å². The van der Waals surface area contributed by atoms with Gasteiger partial charge in [-0.15, -0.1) is 12.4 Å². The summed E-state index contributed by atoms with van der Waals surface area (Å²) >= 11 is 6.03. The van der Waals surface area contributed by atoms with Crippen LogP contribution in [0, 0.1) is 0 Å². The third kappa shape index (κ3) is 5.14. The standard InChI is InChI=1S/C14H19ClN4O2.ClH/c1-16-14(21)18-13(20)9-19-6-5-17-8-12(19)10-3-2-4-11(15)7-10;/h2-4,7,12,17H,5-6,8-9H2,1H3,(H2,16,18,20,21);1H. The molecule has 0 radical (unpaired) electrons. The van der Waals surface area contributed by atoms with E-state index in [0.29, 0.717) is 5.02 Å². The molecule has 1 aliphatic rings. The van der Waals surface area contributed by atoms with Gasteiger partial charge < -0.3 is 10.6 Å². The first-order valence-electron chi connectivity index (χ1n) is 6.82. The molecule has 1 atom stereocenters. The minimum atomic E-state index is -0.491. The Morgan fingerprint density at radius 3 is 2.91 bits per heavy atom. The highest BCUT2D eigenvalue weighted by molar-refractivity contribution is 6.30. The molecule has 0 bridgehead atoms. The Balaban J connectivity index is 0.00000242. The lowest BCUT2D eigenvalue weighted by molar-refractivity contribution is -0.122. The van der Waals surface area contributed by atoms with E-state index in [1.54, 1.807) is 0 Å². The molecule has 0 saturated carbocycles. The molecule has 1 heterocycles. The lowest BCUT2D eigenvalue weighted by Crippen LogP contribution is -2.51. The van der Waals surface area contributed by atoms with Gasteiger partial charge in [-0.3, -0.25) is 15.0 Å². The van der Waals surface area contributed by atoms with E-state index in [1.807, 2.05) is 29.2 Å². The fourth-order valence-corrected chi connectivity index (χ4v) is 2.59. The van der Waals surface area contributed by atoms with Gasteiger partial charge in [0.2, 0.25) is 5.91 Å². The van der Waals surface area contributed by atoms with Gasteiger partial charge >= 0.3 is 6.03 Å². The largest absolute Gasteiger partial charge is 0.341 e. The second kappa shape index (κ2) is 8.95. The Bertz CT molecular complexity index is 527. The van der Waals surface area contributed by atoms with Crippen molar-refractivity contribution in [3.05, 3.63) is 34.9 Å². The Kier molecular flexibility index (Phi) is 7.61. The first-order valence-corrected chi connectivity index (χ1v) is 7.19. The molecule has 22 heavy (non-hydrogen) atoms. The van der Waals surface area contributed by atoms with Crippen molar-refractivity contribution in [3.63, 3.8) is 0 Å². The molecule has 3 N–H and O–H groups in total. The van der Waals surface area contributed by atoms with Crippen LogP contribution in [0.15, 0.2) is 24.3 Å². The van der Waals surface area contributed by atoms with Crippen molar-refractivity contribution < 1.29 is 9.59 Å². The van der Waals surface area contributed by atoms with Crippen LogP contribution in [0.1, 0.15) is 11.6 Å². The van der Waals surface area contributed by atoms with Gasteiger partial charge in [-0.1, -0.05) is 23.7 Å².